The minimum atomic E-state index is 1.13. The number of hydrogen-bond donors (Lipinski definition) is 0. The summed E-state index contributed by atoms with van der Waals surface area (Å²) in [6, 6.07) is 21.6. The summed E-state index contributed by atoms with van der Waals surface area (Å²) in [7, 11) is 2.15. The van der Waals surface area contributed by atoms with Crippen LogP contribution in [0.3, 0.4) is 0 Å². The summed E-state index contributed by atoms with van der Waals surface area (Å²) >= 11 is 0. The Kier molecular flexibility index (Phi) is 3.19. The average molecular weight is 285 g/mol. The fourth-order valence-electron chi connectivity index (χ4n) is 3.37. The zero-order chi connectivity index (χ0) is 14.9. The molecule has 1 heteroatoms. The number of benzene rings is 3. The molecular weight excluding hydrogens is 266 g/mol. The zero-order valence-corrected chi connectivity index (χ0v) is 12.8. The maximum Gasteiger partial charge on any atom is 0.0490 e. The Balaban J connectivity index is 1.96. The third-order valence-corrected chi connectivity index (χ3v) is 4.53. The summed E-state index contributed by atoms with van der Waals surface area (Å²) < 4.78 is 0. The molecule has 0 heterocycles. The van der Waals surface area contributed by atoms with E-state index >= 15 is 0 Å². The molecule has 0 bridgehead atoms. The van der Waals surface area contributed by atoms with Crippen LogP contribution in [0, 0.1) is 0 Å². The molecule has 22 heavy (non-hydrogen) atoms. The van der Waals surface area contributed by atoms with Gasteiger partial charge in [-0.2, -0.15) is 0 Å². The van der Waals surface area contributed by atoms with Crippen LogP contribution in [-0.2, 0) is 6.42 Å². The van der Waals surface area contributed by atoms with Gasteiger partial charge in [0.2, 0.25) is 0 Å². The number of para-hydroxylation sites is 1. The SMILES string of the molecule is CN(c1ccccc1)c1cc2ccccc2c2c1C=CCC2. The summed E-state index contributed by atoms with van der Waals surface area (Å²) in [5, 5.41) is 2.72. The van der Waals surface area contributed by atoms with Gasteiger partial charge in [-0.3, -0.25) is 0 Å². The van der Waals surface area contributed by atoms with Gasteiger partial charge in [0.15, 0.2) is 0 Å². The molecule has 1 aliphatic carbocycles. The number of allylic oxidation sites excluding steroid dienone is 1. The van der Waals surface area contributed by atoms with Crippen LogP contribution < -0.4 is 4.90 Å². The Bertz CT molecular complexity index is 846. The summed E-state index contributed by atoms with van der Waals surface area (Å²) in [6.07, 6.45) is 6.85. The van der Waals surface area contributed by atoms with Crippen molar-refractivity contribution in [3.63, 3.8) is 0 Å². The molecule has 1 nitrogen and oxygen atoms in total. The van der Waals surface area contributed by atoms with Gasteiger partial charge in [0.1, 0.15) is 0 Å². The highest BCUT2D eigenvalue weighted by Gasteiger charge is 2.16. The molecule has 1 aliphatic rings. The number of hydrogen-bond acceptors (Lipinski definition) is 1. The summed E-state index contributed by atoms with van der Waals surface area (Å²) in [5.41, 5.74) is 5.37. The molecule has 0 N–H and O–H groups in total. The first-order valence-corrected chi connectivity index (χ1v) is 7.84. The van der Waals surface area contributed by atoms with Crippen molar-refractivity contribution >= 4 is 28.2 Å². The van der Waals surface area contributed by atoms with Crippen molar-refractivity contribution in [1.82, 2.24) is 0 Å². The molecule has 0 spiro atoms. The molecule has 0 aliphatic heterocycles. The van der Waals surface area contributed by atoms with Crippen molar-refractivity contribution in [2.24, 2.45) is 0 Å². The van der Waals surface area contributed by atoms with E-state index < -0.39 is 0 Å². The molecule has 0 fully saturated rings. The maximum absolute atomic E-state index is 2.32. The monoisotopic (exact) mass is 285 g/mol. The lowest BCUT2D eigenvalue weighted by molar-refractivity contribution is 0.994. The molecule has 0 saturated heterocycles. The van der Waals surface area contributed by atoms with E-state index in [-0.39, 0.29) is 0 Å². The molecule has 3 aromatic rings. The van der Waals surface area contributed by atoms with Crippen LogP contribution in [0.1, 0.15) is 17.5 Å². The molecule has 4 rings (SSSR count). The van der Waals surface area contributed by atoms with Crippen LogP contribution in [0.4, 0.5) is 11.4 Å². The van der Waals surface area contributed by atoms with Crippen molar-refractivity contribution in [3.8, 4) is 0 Å². The number of rotatable bonds is 2. The Labute approximate surface area is 131 Å². The Morgan fingerprint density at radius 3 is 2.55 bits per heavy atom. The number of aryl methyl sites for hydroxylation is 1. The third kappa shape index (κ3) is 2.10. The normalized spacial score (nSPS) is 13.1. The summed E-state index contributed by atoms with van der Waals surface area (Å²) in [4.78, 5) is 2.29. The van der Waals surface area contributed by atoms with E-state index in [1.54, 1.807) is 0 Å². The zero-order valence-electron chi connectivity index (χ0n) is 12.8. The highest BCUT2D eigenvalue weighted by Crippen LogP contribution is 2.37. The average Bonchev–Trinajstić information content (AvgIpc) is 2.61. The van der Waals surface area contributed by atoms with Gasteiger partial charge in [-0.1, -0.05) is 54.6 Å². The number of nitrogens with zero attached hydrogens (tertiary/aromatic N) is 1. The van der Waals surface area contributed by atoms with E-state index in [9.17, 15) is 0 Å². The first-order valence-electron chi connectivity index (χ1n) is 7.84. The fraction of sp³-hybridized carbons (Fsp3) is 0.143. The second-order valence-electron chi connectivity index (χ2n) is 5.84. The van der Waals surface area contributed by atoms with Crippen molar-refractivity contribution < 1.29 is 0 Å². The van der Waals surface area contributed by atoms with E-state index in [2.05, 4.69) is 84.8 Å². The smallest absolute Gasteiger partial charge is 0.0490 e. The van der Waals surface area contributed by atoms with Gasteiger partial charge in [-0.05, 0) is 47.4 Å². The lowest BCUT2D eigenvalue weighted by Gasteiger charge is -2.26. The second-order valence-corrected chi connectivity index (χ2v) is 5.84. The van der Waals surface area contributed by atoms with Crippen molar-refractivity contribution in [1.29, 1.82) is 0 Å². The Morgan fingerprint density at radius 1 is 0.909 bits per heavy atom. The largest absolute Gasteiger partial charge is 0.344 e. The molecule has 3 aromatic carbocycles. The van der Waals surface area contributed by atoms with E-state index in [4.69, 9.17) is 0 Å². The van der Waals surface area contributed by atoms with Crippen LogP contribution in [0.2, 0.25) is 0 Å². The molecular formula is C21H19N. The predicted octanol–water partition coefficient (Wildman–Crippen LogP) is 5.57. The highest BCUT2D eigenvalue weighted by molar-refractivity contribution is 5.95. The first kappa shape index (κ1) is 13.1. The Hall–Kier alpha value is -2.54. The van der Waals surface area contributed by atoms with E-state index in [0.29, 0.717) is 0 Å². The quantitative estimate of drug-likeness (QED) is 0.595. The van der Waals surface area contributed by atoms with Gasteiger partial charge in [0, 0.05) is 24.0 Å². The van der Waals surface area contributed by atoms with Gasteiger partial charge in [0.25, 0.3) is 0 Å². The van der Waals surface area contributed by atoms with Crippen molar-refractivity contribution in [2.45, 2.75) is 12.8 Å². The third-order valence-electron chi connectivity index (χ3n) is 4.53. The fourth-order valence-corrected chi connectivity index (χ4v) is 3.37. The van der Waals surface area contributed by atoms with Crippen LogP contribution in [0.5, 0.6) is 0 Å². The first-order chi connectivity index (χ1) is 10.8. The van der Waals surface area contributed by atoms with E-state index in [1.807, 2.05) is 0 Å². The maximum atomic E-state index is 2.32. The summed E-state index contributed by atoms with van der Waals surface area (Å²) in [6.45, 7) is 0. The molecule has 0 aromatic heterocycles. The molecule has 0 radical (unpaired) electrons. The van der Waals surface area contributed by atoms with E-state index in [1.165, 1.54) is 33.3 Å². The summed E-state index contributed by atoms with van der Waals surface area (Å²) in [5.74, 6) is 0. The van der Waals surface area contributed by atoms with Crippen molar-refractivity contribution in [2.75, 3.05) is 11.9 Å². The van der Waals surface area contributed by atoms with Crippen molar-refractivity contribution in [3.05, 3.63) is 77.9 Å². The minimum Gasteiger partial charge on any atom is -0.344 e. The van der Waals surface area contributed by atoms with Crippen LogP contribution in [0.15, 0.2) is 66.7 Å². The predicted molar refractivity (Wildman–Crippen MR) is 95.8 cm³/mol. The van der Waals surface area contributed by atoms with Gasteiger partial charge in [-0.15, -0.1) is 0 Å². The molecule has 0 amide bonds. The van der Waals surface area contributed by atoms with Gasteiger partial charge >= 0.3 is 0 Å². The minimum absolute atomic E-state index is 1.13. The molecule has 0 saturated carbocycles. The number of anilines is 2. The van der Waals surface area contributed by atoms with Gasteiger partial charge < -0.3 is 4.90 Å². The molecule has 0 unspecified atom stereocenters. The van der Waals surface area contributed by atoms with Gasteiger partial charge in [0.05, 0.1) is 0 Å². The van der Waals surface area contributed by atoms with E-state index in [0.717, 1.165) is 12.8 Å². The molecule has 108 valence electrons. The van der Waals surface area contributed by atoms with Crippen LogP contribution in [0.25, 0.3) is 16.8 Å². The topological polar surface area (TPSA) is 3.24 Å². The second kappa shape index (κ2) is 5.34. The van der Waals surface area contributed by atoms with Crippen LogP contribution in [-0.4, -0.2) is 7.05 Å². The van der Waals surface area contributed by atoms with Crippen LogP contribution >= 0.6 is 0 Å². The molecule has 0 atom stereocenters. The van der Waals surface area contributed by atoms with Gasteiger partial charge in [-0.25, -0.2) is 0 Å². The Morgan fingerprint density at radius 2 is 1.68 bits per heavy atom. The lowest BCUT2D eigenvalue weighted by Crippen LogP contribution is -2.12. The standard InChI is InChI=1S/C21H19N/c1-22(17-10-3-2-4-11-17)21-15-16-9-5-6-12-18(16)19-13-7-8-14-20(19)21/h2-6,8-12,14-15H,7,13H2,1H3. The lowest BCUT2D eigenvalue weighted by atomic mass is 9.90. The number of fused-ring (bicyclic) bond motifs is 3. The highest BCUT2D eigenvalue weighted by atomic mass is 15.1.